The van der Waals surface area contributed by atoms with E-state index in [9.17, 15) is 9.18 Å². The quantitative estimate of drug-likeness (QED) is 0.717. The van der Waals surface area contributed by atoms with Crippen molar-refractivity contribution < 1.29 is 9.18 Å². The molecule has 0 aromatic heterocycles. The number of halogens is 1. The number of hydrogen-bond acceptors (Lipinski definition) is 1. The molecule has 2 rings (SSSR count). The first-order valence-corrected chi connectivity index (χ1v) is 5.45. The molecule has 17 heavy (non-hydrogen) atoms. The first-order valence-electron chi connectivity index (χ1n) is 5.45. The van der Waals surface area contributed by atoms with E-state index in [0.29, 0.717) is 11.1 Å². The molecule has 0 radical (unpaired) electrons. The maximum absolute atomic E-state index is 12.8. The molecule has 1 nitrogen and oxygen atoms in total. The lowest BCUT2D eigenvalue weighted by Gasteiger charge is -2.04. The Morgan fingerprint density at radius 1 is 0.882 bits per heavy atom. The fourth-order valence-electron chi connectivity index (χ4n) is 1.87. The maximum atomic E-state index is 12.8. The van der Waals surface area contributed by atoms with Crippen LogP contribution in [-0.2, 0) is 0 Å². The lowest BCUT2D eigenvalue weighted by atomic mass is 9.99. The van der Waals surface area contributed by atoms with E-state index in [4.69, 9.17) is 0 Å². The van der Waals surface area contributed by atoms with Gasteiger partial charge in [-0.15, -0.1) is 0 Å². The number of carbonyl (C=O) groups is 1. The monoisotopic (exact) mass is 228 g/mol. The highest BCUT2D eigenvalue weighted by Crippen LogP contribution is 2.14. The second kappa shape index (κ2) is 4.50. The second-order valence-corrected chi connectivity index (χ2v) is 4.21. The van der Waals surface area contributed by atoms with Crippen LogP contribution in [0.15, 0.2) is 42.5 Å². The Bertz CT molecular complexity index is 535. The van der Waals surface area contributed by atoms with Crippen LogP contribution in [-0.4, -0.2) is 5.78 Å². The molecule has 0 amide bonds. The van der Waals surface area contributed by atoms with Gasteiger partial charge in [0, 0.05) is 11.1 Å². The third-order valence-electron chi connectivity index (χ3n) is 2.59. The highest BCUT2D eigenvalue weighted by Gasteiger charge is 2.09. The molecular formula is C15H13FO. The Hall–Kier alpha value is -1.96. The molecule has 0 saturated carbocycles. The molecule has 0 heterocycles. The standard InChI is InChI=1S/C15H13FO/c1-10-7-11(2)9-13(8-10)15(17)12-3-5-14(16)6-4-12/h3-9H,1-2H3. The smallest absolute Gasteiger partial charge is 0.193 e. The molecule has 2 heteroatoms. The van der Waals surface area contributed by atoms with Crippen LogP contribution in [0.1, 0.15) is 27.0 Å². The van der Waals surface area contributed by atoms with Crippen molar-refractivity contribution in [1.82, 2.24) is 0 Å². The van der Waals surface area contributed by atoms with E-state index in [-0.39, 0.29) is 11.6 Å². The summed E-state index contributed by atoms with van der Waals surface area (Å²) in [6.45, 7) is 3.91. The van der Waals surface area contributed by atoms with Gasteiger partial charge in [0.15, 0.2) is 5.78 Å². The van der Waals surface area contributed by atoms with Gasteiger partial charge in [0.1, 0.15) is 5.82 Å². The van der Waals surface area contributed by atoms with E-state index >= 15 is 0 Å². The van der Waals surface area contributed by atoms with E-state index in [1.807, 2.05) is 32.0 Å². The van der Waals surface area contributed by atoms with Crippen LogP contribution in [0.3, 0.4) is 0 Å². The highest BCUT2D eigenvalue weighted by molar-refractivity contribution is 6.09. The van der Waals surface area contributed by atoms with Crippen LogP contribution < -0.4 is 0 Å². The van der Waals surface area contributed by atoms with Crippen molar-refractivity contribution in [3.05, 3.63) is 70.5 Å². The van der Waals surface area contributed by atoms with Crippen LogP contribution in [0.5, 0.6) is 0 Å². The first kappa shape index (κ1) is 11.5. The Labute approximate surface area is 99.9 Å². The van der Waals surface area contributed by atoms with Gasteiger partial charge in [0.2, 0.25) is 0 Å². The first-order chi connectivity index (χ1) is 8.06. The summed E-state index contributed by atoms with van der Waals surface area (Å²) < 4.78 is 12.8. The van der Waals surface area contributed by atoms with Gasteiger partial charge >= 0.3 is 0 Å². The number of benzene rings is 2. The molecular weight excluding hydrogens is 215 g/mol. The Kier molecular flexibility index (Phi) is 3.05. The molecule has 2 aromatic carbocycles. The summed E-state index contributed by atoms with van der Waals surface area (Å²) in [6, 6.07) is 11.3. The van der Waals surface area contributed by atoms with Crippen LogP contribution in [0.4, 0.5) is 4.39 Å². The van der Waals surface area contributed by atoms with Crippen molar-refractivity contribution in [2.24, 2.45) is 0 Å². The van der Waals surface area contributed by atoms with Crippen LogP contribution in [0, 0.1) is 19.7 Å². The minimum absolute atomic E-state index is 0.0724. The van der Waals surface area contributed by atoms with Gasteiger partial charge in [-0.1, -0.05) is 17.2 Å². The summed E-state index contributed by atoms with van der Waals surface area (Å²) >= 11 is 0. The fourth-order valence-corrected chi connectivity index (χ4v) is 1.87. The van der Waals surface area contributed by atoms with Gasteiger partial charge in [-0.05, 0) is 50.2 Å². The zero-order valence-electron chi connectivity index (χ0n) is 9.83. The summed E-state index contributed by atoms with van der Waals surface area (Å²) in [5.74, 6) is -0.404. The predicted octanol–water partition coefficient (Wildman–Crippen LogP) is 3.67. The Morgan fingerprint density at radius 3 is 1.94 bits per heavy atom. The Morgan fingerprint density at radius 2 is 1.41 bits per heavy atom. The van der Waals surface area contributed by atoms with Gasteiger partial charge in [-0.2, -0.15) is 0 Å². The average Bonchev–Trinajstić information content (AvgIpc) is 2.28. The fraction of sp³-hybridized carbons (Fsp3) is 0.133. The normalized spacial score (nSPS) is 10.3. The van der Waals surface area contributed by atoms with Crippen molar-refractivity contribution in [2.75, 3.05) is 0 Å². The summed E-state index contributed by atoms with van der Waals surface area (Å²) in [7, 11) is 0. The lowest BCUT2D eigenvalue weighted by molar-refractivity contribution is 0.103. The zero-order valence-corrected chi connectivity index (χ0v) is 9.83. The molecule has 86 valence electrons. The van der Waals surface area contributed by atoms with Gasteiger partial charge in [0.25, 0.3) is 0 Å². The number of ketones is 1. The Balaban J connectivity index is 2.40. The van der Waals surface area contributed by atoms with Gasteiger partial charge in [-0.3, -0.25) is 4.79 Å². The van der Waals surface area contributed by atoms with Crippen molar-refractivity contribution in [3.8, 4) is 0 Å². The van der Waals surface area contributed by atoms with Crippen molar-refractivity contribution in [3.63, 3.8) is 0 Å². The predicted molar refractivity (Wildman–Crippen MR) is 65.7 cm³/mol. The van der Waals surface area contributed by atoms with Gasteiger partial charge in [0.05, 0.1) is 0 Å². The molecule has 0 unspecified atom stereocenters. The third-order valence-corrected chi connectivity index (χ3v) is 2.59. The average molecular weight is 228 g/mol. The SMILES string of the molecule is Cc1cc(C)cc(C(=O)c2ccc(F)cc2)c1. The second-order valence-electron chi connectivity index (χ2n) is 4.21. The van der Waals surface area contributed by atoms with Crippen LogP contribution in [0.25, 0.3) is 0 Å². The van der Waals surface area contributed by atoms with Gasteiger partial charge in [-0.25, -0.2) is 4.39 Å². The molecule has 0 atom stereocenters. The summed E-state index contributed by atoms with van der Waals surface area (Å²) in [5.41, 5.74) is 3.26. The molecule has 0 N–H and O–H groups in total. The van der Waals surface area contributed by atoms with E-state index in [2.05, 4.69) is 0 Å². The highest BCUT2D eigenvalue weighted by atomic mass is 19.1. The molecule has 0 aliphatic carbocycles. The molecule has 0 fully saturated rings. The molecule has 0 saturated heterocycles. The number of rotatable bonds is 2. The minimum Gasteiger partial charge on any atom is -0.289 e. The lowest BCUT2D eigenvalue weighted by Crippen LogP contribution is -2.02. The maximum Gasteiger partial charge on any atom is 0.193 e. The summed E-state index contributed by atoms with van der Waals surface area (Å²) in [4.78, 5) is 12.1. The van der Waals surface area contributed by atoms with E-state index in [0.717, 1.165) is 11.1 Å². The molecule has 0 bridgehead atoms. The number of hydrogen-bond donors (Lipinski definition) is 0. The summed E-state index contributed by atoms with van der Waals surface area (Å²) in [6.07, 6.45) is 0. The summed E-state index contributed by atoms with van der Waals surface area (Å²) in [5, 5.41) is 0. The third kappa shape index (κ3) is 2.59. The van der Waals surface area contributed by atoms with E-state index in [1.54, 1.807) is 0 Å². The van der Waals surface area contributed by atoms with Crippen molar-refractivity contribution in [2.45, 2.75) is 13.8 Å². The van der Waals surface area contributed by atoms with Crippen molar-refractivity contribution in [1.29, 1.82) is 0 Å². The zero-order chi connectivity index (χ0) is 12.4. The number of carbonyl (C=O) groups excluding carboxylic acids is 1. The van der Waals surface area contributed by atoms with Crippen molar-refractivity contribution >= 4 is 5.78 Å². The largest absolute Gasteiger partial charge is 0.289 e. The molecule has 0 aliphatic heterocycles. The molecule has 2 aromatic rings. The molecule has 0 spiro atoms. The van der Waals surface area contributed by atoms with E-state index < -0.39 is 0 Å². The number of aryl methyl sites for hydroxylation is 2. The topological polar surface area (TPSA) is 17.1 Å². The van der Waals surface area contributed by atoms with Crippen LogP contribution >= 0.6 is 0 Å². The van der Waals surface area contributed by atoms with E-state index in [1.165, 1.54) is 24.3 Å². The minimum atomic E-state index is -0.332. The van der Waals surface area contributed by atoms with Gasteiger partial charge < -0.3 is 0 Å². The molecule has 0 aliphatic rings. The van der Waals surface area contributed by atoms with Crippen LogP contribution in [0.2, 0.25) is 0 Å².